The van der Waals surface area contributed by atoms with Gasteiger partial charge >= 0.3 is 0 Å². The molecule has 2 aromatic rings. The number of hydrogen-bond acceptors (Lipinski definition) is 1. The molecular weight excluding hydrogens is 200 g/mol. The largest absolute Gasteiger partial charge is 0.361 e. The van der Waals surface area contributed by atoms with Crippen LogP contribution in [0, 0.1) is 0 Å². The highest BCUT2D eigenvalue weighted by atomic mass is 16.1. The van der Waals surface area contributed by atoms with Crippen LogP contribution in [0.3, 0.4) is 0 Å². The summed E-state index contributed by atoms with van der Waals surface area (Å²) in [6.07, 6.45) is 3.44. The highest BCUT2D eigenvalue weighted by Crippen LogP contribution is 2.17. The normalized spacial score (nSPS) is 10.6. The van der Waals surface area contributed by atoms with E-state index in [1.165, 1.54) is 5.39 Å². The Morgan fingerprint density at radius 1 is 1.38 bits per heavy atom. The van der Waals surface area contributed by atoms with Gasteiger partial charge < -0.3 is 10.3 Å². The van der Waals surface area contributed by atoms with Gasteiger partial charge in [-0.15, -0.1) is 0 Å². The van der Waals surface area contributed by atoms with Crippen LogP contribution in [0.4, 0.5) is 0 Å². The van der Waals surface area contributed by atoms with Crippen LogP contribution >= 0.6 is 0 Å². The summed E-state index contributed by atoms with van der Waals surface area (Å²) in [5.74, 6) is 0.118. The van der Waals surface area contributed by atoms with Gasteiger partial charge in [0.15, 0.2) is 0 Å². The smallest absolute Gasteiger partial charge is 0.220 e. The second-order valence-corrected chi connectivity index (χ2v) is 3.89. The van der Waals surface area contributed by atoms with Crippen molar-refractivity contribution in [2.45, 2.75) is 26.3 Å². The van der Waals surface area contributed by atoms with Crippen LogP contribution in [0.2, 0.25) is 0 Å². The average Bonchev–Trinajstić information content (AvgIpc) is 2.70. The zero-order valence-electron chi connectivity index (χ0n) is 9.42. The Bertz CT molecular complexity index is 487. The van der Waals surface area contributed by atoms with Gasteiger partial charge in [-0.05, 0) is 18.1 Å². The predicted molar refractivity (Wildman–Crippen MR) is 65.1 cm³/mol. The van der Waals surface area contributed by atoms with Crippen molar-refractivity contribution in [3.8, 4) is 0 Å². The summed E-state index contributed by atoms with van der Waals surface area (Å²) in [6, 6.07) is 8.10. The van der Waals surface area contributed by atoms with E-state index in [1.807, 2.05) is 31.3 Å². The standard InChI is InChI=1S/C13H16N2O/c1-2-5-13(16)15-9-10-8-14-12-7-4-3-6-11(10)12/h3-4,6-8,14H,2,5,9H2,1H3,(H,15,16). The number of nitrogens with one attached hydrogen (secondary N) is 2. The van der Waals surface area contributed by atoms with E-state index in [0.717, 1.165) is 17.5 Å². The van der Waals surface area contributed by atoms with Gasteiger partial charge in [-0.25, -0.2) is 0 Å². The first kappa shape index (κ1) is 10.7. The second-order valence-electron chi connectivity index (χ2n) is 3.89. The third-order valence-electron chi connectivity index (χ3n) is 2.63. The van der Waals surface area contributed by atoms with Crippen LogP contribution in [0.1, 0.15) is 25.3 Å². The lowest BCUT2D eigenvalue weighted by Gasteiger charge is -2.02. The van der Waals surface area contributed by atoms with Crippen LogP contribution in [0.5, 0.6) is 0 Å². The van der Waals surface area contributed by atoms with Gasteiger partial charge in [-0.2, -0.15) is 0 Å². The lowest BCUT2D eigenvalue weighted by molar-refractivity contribution is -0.121. The summed E-state index contributed by atoms with van der Waals surface area (Å²) in [7, 11) is 0. The molecule has 2 N–H and O–H groups in total. The zero-order chi connectivity index (χ0) is 11.4. The molecule has 1 aromatic carbocycles. The van der Waals surface area contributed by atoms with Gasteiger partial charge in [0, 0.05) is 30.1 Å². The molecule has 0 radical (unpaired) electrons. The molecule has 3 nitrogen and oxygen atoms in total. The van der Waals surface area contributed by atoms with Crippen molar-refractivity contribution in [1.29, 1.82) is 0 Å². The molecule has 0 saturated heterocycles. The van der Waals surface area contributed by atoms with Crippen molar-refractivity contribution in [3.63, 3.8) is 0 Å². The Labute approximate surface area is 94.9 Å². The van der Waals surface area contributed by atoms with Gasteiger partial charge in [0.05, 0.1) is 0 Å². The fourth-order valence-corrected chi connectivity index (χ4v) is 1.79. The van der Waals surface area contributed by atoms with E-state index in [9.17, 15) is 4.79 Å². The number of benzene rings is 1. The molecule has 0 atom stereocenters. The molecule has 84 valence electrons. The number of hydrogen-bond donors (Lipinski definition) is 2. The number of para-hydroxylation sites is 1. The van der Waals surface area contributed by atoms with E-state index in [2.05, 4.69) is 16.4 Å². The van der Waals surface area contributed by atoms with Crippen molar-refractivity contribution < 1.29 is 4.79 Å². The van der Waals surface area contributed by atoms with Gasteiger partial charge in [0.2, 0.25) is 5.91 Å². The number of fused-ring (bicyclic) bond motifs is 1. The Balaban J connectivity index is 2.07. The van der Waals surface area contributed by atoms with Crippen LogP contribution in [-0.2, 0) is 11.3 Å². The van der Waals surface area contributed by atoms with Crippen LogP contribution in [0.15, 0.2) is 30.5 Å². The predicted octanol–water partition coefficient (Wildman–Crippen LogP) is 2.58. The van der Waals surface area contributed by atoms with E-state index in [0.29, 0.717) is 13.0 Å². The SMILES string of the molecule is CCCC(=O)NCc1c[nH]c2ccccc12. The zero-order valence-corrected chi connectivity index (χ0v) is 9.42. The van der Waals surface area contributed by atoms with Gasteiger partial charge in [0.25, 0.3) is 0 Å². The average molecular weight is 216 g/mol. The van der Waals surface area contributed by atoms with Crippen molar-refractivity contribution in [2.24, 2.45) is 0 Å². The molecule has 0 bridgehead atoms. The second kappa shape index (κ2) is 4.84. The molecule has 0 aliphatic heterocycles. The highest BCUT2D eigenvalue weighted by Gasteiger charge is 2.04. The Morgan fingerprint density at radius 2 is 2.19 bits per heavy atom. The summed E-state index contributed by atoms with van der Waals surface area (Å²) in [6.45, 7) is 2.61. The monoisotopic (exact) mass is 216 g/mol. The maximum atomic E-state index is 11.4. The molecule has 1 heterocycles. The maximum Gasteiger partial charge on any atom is 0.220 e. The summed E-state index contributed by atoms with van der Waals surface area (Å²) in [4.78, 5) is 14.5. The summed E-state index contributed by atoms with van der Waals surface area (Å²) < 4.78 is 0. The molecule has 0 spiro atoms. The topological polar surface area (TPSA) is 44.9 Å². The van der Waals surface area contributed by atoms with Crippen molar-refractivity contribution in [3.05, 3.63) is 36.0 Å². The fraction of sp³-hybridized carbons (Fsp3) is 0.308. The fourth-order valence-electron chi connectivity index (χ4n) is 1.79. The van der Waals surface area contributed by atoms with Gasteiger partial charge in [-0.1, -0.05) is 25.1 Å². The first-order valence-electron chi connectivity index (χ1n) is 5.63. The Kier molecular flexibility index (Phi) is 3.25. The summed E-state index contributed by atoms with van der Waals surface area (Å²) >= 11 is 0. The number of aromatic amines is 1. The van der Waals surface area contributed by atoms with E-state index < -0.39 is 0 Å². The maximum absolute atomic E-state index is 11.4. The van der Waals surface area contributed by atoms with Crippen LogP contribution in [-0.4, -0.2) is 10.9 Å². The molecule has 0 unspecified atom stereocenters. The van der Waals surface area contributed by atoms with Gasteiger partial charge in [-0.3, -0.25) is 4.79 Å². The number of carbonyl (C=O) groups excluding carboxylic acids is 1. The molecule has 1 amide bonds. The Morgan fingerprint density at radius 3 is 3.00 bits per heavy atom. The van der Waals surface area contributed by atoms with E-state index in [-0.39, 0.29) is 5.91 Å². The molecule has 0 aliphatic carbocycles. The van der Waals surface area contributed by atoms with Gasteiger partial charge in [0.1, 0.15) is 0 Å². The quantitative estimate of drug-likeness (QED) is 0.810. The molecule has 1 aromatic heterocycles. The minimum atomic E-state index is 0.118. The number of amides is 1. The summed E-state index contributed by atoms with van der Waals surface area (Å²) in [5, 5.41) is 4.10. The molecule has 0 fully saturated rings. The lowest BCUT2D eigenvalue weighted by Crippen LogP contribution is -2.21. The van der Waals surface area contributed by atoms with Crippen molar-refractivity contribution >= 4 is 16.8 Å². The first-order valence-corrected chi connectivity index (χ1v) is 5.63. The third kappa shape index (κ3) is 2.24. The summed E-state index contributed by atoms with van der Waals surface area (Å²) in [5.41, 5.74) is 2.25. The molecule has 0 saturated carbocycles. The number of H-pyrrole nitrogens is 1. The third-order valence-corrected chi connectivity index (χ3v) is 2.63. The van der Waals surface area contributed by atoms with E-state index in [4.69, 9.17) is 0 Å². The van der Waals surface area contributed by atoms with E-state index >= 15 is 0 Å². The van der Waals surface area contributed by atoms with E-state index in [1.54, 1.807) is 0 Å². The molecule has 2 rings (SSSR count). The number of rotatable bonds is 4. The van der Waals surface area contributed by atoms with Crippen molar-refractivity contribution in [1.82, 2.24) is 10.3 Å². The minimum Gasteiger partial charge on any atom is -0.361 e. The molecule has 16 heavy (non-hydrogen) atoms. The minimum absolute atomic E-state index is 0.118. The Hall–Kier alpha value is -1.77. The molecule has 0 aliphatic rings. The lowest BCUT2D eigenvalue weighted by atomic mass is 10.2. The number of carbonyl (C=O) groups is 1. The number of aromatic nitrogens is 1. The van der Waals surface area contributed by atoms with Crippen molar-refractivity contribution in [2.75, 3.05) is 0 Å². The van der Waals surface area contributed by atoms with Crippen LogP contribution < -0.4 is 5.32 Å². The molecular formula is C13H16N2O. The molecule has 3 heteroatoms. The van der Waals surface area contributed by atoms with Crippen LogP contribution in [0.25, 0.3) is 10.9 Å². The first-order chi connectivity index (χ1) is 7.81. The highest BCUT2D eigenvalue weighted by molar-refractivity contribution is 5.83.